The van der Waals surface area contributed by atoms with Gasteiger partial charge in [0.05, 0.1) is 4.92 Å². The number of nitro groups is 1. The first-order valence-corrected chi connectivity index (χ1v) is 6.74. The van der Waals surface area contributed by atoms with E-state index in [-0.39, 0.29) is 5.69 Å². The molecular formula is C13H14N2O3S. The Kier molecular flexibility index (Phi) is 4.88. The smallest absolute Gasteiger partial charge is 0.269 e. The van der Waals surface area contributed by atoms with Crippen molar-refractivity contribution in [3.8, 4) is 5.75 Å². The lowest BCUT2D eigenvalue weighted by Crippen LogP contribution is -2.20. The molecule has 0 aliphatic heterocycles. The summed E-state index contributed by atoms with van der Waals surface area (Å²) in [5, 5.41) is 15.8. The highest BCUT2D eigenvalue weighted by Gasteiger charge is 2.03. The number of thiophene rings is 1. The number of non-ortho nitro benzene ring substituents is 1. The van der Waals surface area contributed by atoms with Gasteiger partial charge in [0.2, 0.25) is 0 Å². The molecule has 0 fully saturated rings. The van der Waals surface area contributed by atoms with Crippen LogP contribution in [0.5, 0.6) is 5.75 Å². The molecule has 0 aliphatic carbocycles. The van der Waals surface area contributed by atoms with Crippen LogP contribution in [0, 0.1) is 10.1 Å². The first-order valence-electron chi connectivity index (χ1n) is 5.86. The number of nitro benzene ring substituents is 1. The Morgan fingerprint density at radius 1 is 1.26 bits per heavy atom. The Morgan fingerprint density at radius 3 is 2.68 bits per heavy atom. The minimum absolute atomic E-state index is 0.0724. The number of ether oxygens (including phenoxy) is 1. The highest BCUT2D eigenvalue weighted by molar-refractivity contribution is 7.09. The molecule has 1 N–H and O–H groups in total. The van der Waals surface area contributed by atoms with Crippen LogP contribution in [0.25, 0.3) is 0 Å². The Labute approximate surface area is 115 Å². The molecule has 0 radical (unpaired) electrons. The summed E-state index contributed by atoms with van der Waals surface area (Å²) < 4.78 is 5.48. The standard InChI is InChI=1S/C13H14N2O3S/c16-15(17)11-3-5-12(6-4-11)18-8-7-14-10-13-2-1-9-19-13/h1-6,9,14H,7-8,10H2. The van der Waals surface area contributed by atoms with Gasteiger partial charge < -0.3 is 10.1 Å². The predicted octanol–water partition coefficient (Wildman–Crippen LogP) is 2.82. The Morgan fingerprint density at radius 2 is 2.05 bits per heavy atom. The highest BCUT2D eigenvalue weighted by atomic mass is 32.1. The van der Waals surface area contributed by atoms with Gasteiger partial charge >= 0.3 is 0 Å². The van der Waals surface area contributed by atoms with Crippen LogP contribution in [0.4, 0.5) is 5.69 Å². The van der Waals surface area contributed by atoms with Gasteiger partial charge in [0, 0.05) is 30.1 Å². The SMILES string of the molecule is O=[N+]([O-])c1ccc(OCCNCc2cccs2)cc1. The van der Waals surface area contributed by atoms with E-state index in [4.69, 9.17) is 4.74 Å². The molecule has 5 nitrogen and oxygen atoms in total. The van der Waals surface area contributed by atoms with E-state index in [0.717, 1.165) is 13.1 Å². The normalized spacial score (nSPS) is 10.3. The molecule has 0 bridgehead atoms. The van der Waals surface area contributed by atoms with Crippen LogP contribution >= 0.6 is 11.3 Å². The average Bonchev–Trinajstić information content (AvgIpc) is 2.92. The summed E-state index contributed by atoms with van der Waals surface area (Å²) in [5.74, 6) is 0.642. The van der Waals surface area contributed by atoms with Crippen molar-refractivity contribution in [1.82, 2.24) is 5.32 Å². The van der Waals surface area contributed by atoms with Gasteiger partial charge in [0.1, 0.15) is 12.4 Å². The zero-order valence-electron chi connectivity index (χ0n) is 10.2. The fourth-order valence-corrected chi connectivity index (χ4v) is 2.20. The molecular weight excluding hydrogens is 264 g/mol. The maximum absolute atomic E-state index is 10.5. The van der Waals surface area contributed by atoms with E-state index in [1.165, 1.54) is 17.0 Å². The Balaban J connectivity index is 1.66. The van der Waals surface area contributed by atoms with Crippen molar-refractivity contribution in [2.24, 2.45) is 0 Å². The molecule has 1 aromatic carbocycles. The third-order valence-corrected chi connectivity index (χ3v) is 3.35. The summed E-state index contributed by atoms with van der Waals surface area (Å²) >= 11 is 1.71. The van der Waals surface area contributed by atoms with Gasteiger partial charge in [-0.25, -0.2) is 0 Å². The van der Waals surface area contributed by atoms with Crippen LogP contribution in [-0.4, -0.2) is 18.1 Å². The molecule has 2 aromatic rings. The molecule has 0 saturated heterocycles. The number of nitrogens with one attached hydrogen (secondary N) is 1. The van der Waals surface area contributed by atoms with Crippen LogP contribution < -0.4 is 10.1 Å². The number of hydrogen-bond donors (Lipinski definition) is 1. The third-order valence-electron chi connectivity index (χ3n) is 2.47. The van der Waals surface area contributed by atoms with Gasteiger partial charge in [-0.15, -0.1) is 11.3 Å². The molecule has 100 valence electrons. The molecule has 0 amide bonds. The van der Waals surface area contributed by atoms with Gasteiger partial charge in [-0.3, -0.25) is 10.1 Å². The Hall–Kier alpha value is -1.92. The van der Waals surface area contributed by atoms with Gasteiger partial charge in [-0.05, 0) is 23.6 Å². The summed E-state index contributed by atoms with van der Waals surface area (Å²) in [5.41, 5.74) is 0.0724. The number of nitrogens with zero attached hydrogens (tertiary/aromatic N) is 1. The molecule has 1 aromatic heterocycles. The van der Waals surface area contributed by atoms with Crippen LogP contribution in [-0.2, 0) is 6.54 Å². The van der Waals surface area contributed by atoms with E-state index in [0.29, 0.717) is 12.4 Å². The lowest BCUT2D eigenvalue weighted by Gasteiger charge is -2.06. The fourth-order valence-electron chi connectivity index (χ4n) is 1.53. The lowest BCUT2D eigenvalue weighted by atomic mass is 10.3. The van der Waals surface area contributed by atoms with Gasteiger partial charge in [0.25, 0.3) is 5.69 Å². The van der Waals surface area contributed by atoms with Gasteiger partial charge in [0.15, 0.2) is 0 Å². The second-order valence-corrected chi connectivity index (χ2v) is 4.89. The maximum atomic E-state index is 10.5. The third kappa shape index (κ3) is 4.35. The van der Waals surface area contributed by atoms with Crippen LogP contribution in [0.3, 0.4) is 0 Å². The van der Waals surface area contributed by atoms with Crippen molar-refractivity contribution < 1.29 is 9.66 Å². The molecule has 0 spiro atoms. The van der Waals surface area contributed by atoms with E-state index in [2.05, 4.69) is 11.4 Å². The zero-order valence-corrected chi connectivity index (χ0v) is 11.1. The zero-order chi connectivity index (χ0) is 13.5. The quantitative estimate of drug-likeness (QED) is 0.480. The maximum Gasteiger partial charge on any atom is 0.269 e. The van der Waals surface area contributed by atoms with E-state index in [1.807, 2.05) is 11.4 Å². The van der Waals surface area contributed by atoms with Crippen molar-refractivity contribution in [1.29, 1.82) is 0 Å². The van der Waals surface area contributed by atoms with Crippen molar-refractivity contribution in [3.63, 3.8) is 0 Å². The average molecular weight is 278 g/mol. The van der Waals surface area contributed by atoms with Crippen molar-refractivity contribution in [2.75, 3.05) is 13.2 Å². The number of benzene rings is 1. The van der Waals surface area contributed by atoms with Crippen molar-refractivity contribution in [2.45, 2.75) is 6.54 Å². The van der Waals surface area contributed by atoms with E-state index in [9.17, 15) is 10.1 Å². The predicted molar refractivity (Wildman–Crippen MR) is 74.6 cm³/mol. The molecule has 2 rings (SSSR count). The summed E-state index contributed by atoms with van der Waals surface area (Å²) in [7, 11) is 0. The molecule has 0 saturated carbocycles. The molecule has 0 atom stereocenters. The molecule has 19 heavy (non-hydrogen) atoms. The Bertz CT molecular complexity index is 511. The van der Waals surface area contributed by atoms with Crippen LogP contribution in [0.1, 0.15) is 4.88 Å². The number of rotatable bonds is 7. The molecule has 1 heterocycles. The summed E-state index contributed by atoms with van der Waals surface area (Å²) in [6.07, 6.45) is 0. The van der Waals surface area contributed by atoms with E-state index in [1.54, 1.807) is 23.5 Å². The van der Waals surface area contributed by atoms with Gasteiger partial charge in [-0.1, -0.05) is 6.07 Å². The minimum Gasteiger partial charge on any atom is -0.492 e. The van der Waals surface area contributed by atoms with Crippen molar-refractivity contribution in [3.05, 3.63) is 56.8 Å². The van der Waals surface area contributed by atoms with E-state index < -0.39 is 4.92 Å². The summed E-state index contributed by atoms with van der Waals surface area (Å²) in [6.45, 7) is 2.10. The first kappa shape index (κ1) is 13.5. The highest BCUT2D eigenvalue weighted by Crippen LogP contribution is 2.16. The fraction of sp³-hybridized carbons (Fsp3) is 0.231. The minimum atomic E-state index is -0.424. The number of hydrogen-bond acceptors (Lipinski definition) is 5. The molecule has 6 heteroatoms. The summed E-state index contributed by atoms with van der Waals surface area (Å²) in [6, 6.07) is 10.2. The molecule has 0 aliphatic rings. The lowest BCUT2D eigenvalue weighted by molar-refractivity contribution is -0.384. The molecule has 0 unspecified atom stereocenters. The van der Waals surface area contributed by atoms with Crippen LogP contribution in [0.2, 0.25) is 0 Å². The first-order chi connectivity index (χ1) is 9.25. The largest absolute Gasteiger partial charge is 0.492 e. The second kappa shape index (κ2) is 6.86. The van der Waals surface area contributed by atoms with Gasteiger partial charge in [-0.2, -0.15) is 0 Å². The topological polar surface area (TPSA) is 64.4 Å². The van der Waals surface area contributed by atoms with E-state index >= 15 is 0 Å². The van der Waals surface area contributed by atoms with Crippen molar-refractivity contribution >= 4 is 17.0 Å². The summed E-state index contributed by atoms with van der Waals surface area (Å²) in [4.78, 5) is 11.3. The monoisotopic (exact) mass is 278 g/mol. The second-order valence-electron chi connectivity index (χ2n) is 3.86. The van der Waals surface area contributed by atoms with Crippen LogP contribution in [0.15, 0.2) is 41.8 Å².